The second-order valence-electron chi connectivity index (χ2n) is 4.45. The van der Waals surface area contributed by atoms with E-state index in [9.17, 15) is 5.11 Å². The smallest absolute Gasteiger partial charge is 0.223 e. The second kappa shape index (κ2) is 5.51. The minimum atomic E-state index is 0.171. The quantitative estimate of drug-likeness (QED) is 0.712. The Morgan fingerprint density at radius 1 is 1.41 bits per heavy atom. The summed E-state index contributed by atoms with van der Waals surface area (Å²) in [7, 11) is 0. The van der Waals surface area contributed by atoms with Gasteiger partial charge in [-0.15, -0.1) is 0 Å². The number of hydrogen-bond donors (Lipinski definition) is 3. The Bertz CT molecular complexity index is 367. The van der Waals surface area contributed by atoms with E-state index in [1.165, 1.54) is 6.42 Å². The molecule has 0 aromatic carbocycles. The van der Waals surface area contributed by atoms with Gasteiger partial charge in [0.1, 0.15) is 11.0 Å². The van der Waals surface area contributed by atoms with Gasteiger partial charge in [-0.25, -0.2) is 4.98 Å². The van der Waals surface area contributed by atoms with Gasteiger partial charge in [-0.2, -0.15) is 4.98 Å². The Balaban J connectivity index is 1.93. The number of nitrogens with two attached hydrogens (primary N) is 1. The van der Waals surface area contributed by atoms with Gasteiger partial charge >= 0.3 is 0 Å². The van der Waals surface area contributed by atoms with Gasteiger partial charge in [-0.05, 0) is 24.7 Å². The van der Waals surface area contributed by atoms with Crippen LogP contribution in [0.3, 0.4) is 0 Å². The molecule has 5 nitrogen and oxygen atoms in total. The molecule has 17 heavy (non-hydrogen) atoms. The summed E-state index contributed by atoms with van der Waals surface area (Å²) in [6, 6.07) is 1.65. The molecule has 4 N–H and O–H groups in total. The van der Waals surface area contributed by atoms with Crippen LogP contribution in [0, 0.1) is 11.8 Å². The van der Waals surface area contributed by atoms with Crippen molar-refractivity contribution in [2.45, 2.75) is 19.3 Å². The number of nitrogens with zero attached hydrogens (tertiary/aromatic N) is 2. The number of anilines is 2. The van der Waals surface area contributed by atoms with Gasteiger partial charge in [0.15, 0.2) is 0 Å². The summed E-state index contributed by atoms with van der Waals surface area (Å²) in [4.78, 5) is 7.85. The third-order valence-corrected chi connectivity index (χ3v) is 3.50. The maximum atomic E-state index is 9.23. The first-order valence-electron chi connectivity index (χ1n) is 5.84. The molecule has 1 aromatic rings. The molecular weight excluding hydrogens is 240 g/mol. The van der Waals surface area contributed by atoms with E-state index in [4.69, 9.17) is 17.3 Å². The highest BCUT2D eigenvalue weighted by Gasteiger charge is 2.26. The van der Waals surface area contributed by atoms with E-state index in [-0.39, 0.29) is 12.6 Å². The van der Waals surface area contributed by atoms with Gasteiger partial charge < -0.3 is 16.2 Å². The molecule has 1 heterocycles. The Hall–Kier alpha value is -1.07. The Labute approximate surface area is 105 Å². The highest BCUT2D eigenvalue weighted by Crippen LogP contribution is 2.31. The number of aliphatic hydroxyl groups is 1. The first kappa shape index (κ1) is 12.4. The summed E-state index contributed by atoms with van der Waals surface area (Å²) in [5.41, 5.74) is 5.51. The van der Waals surface area contributed by atoms with Crippen molar-refractivity contribution in [3.05, 3.63) is 11.2 Å². The minimum Gasteiger partial charge on any atom is -0.396 e. The van der Waals surface area contributed by atoms with Crippen LogP contribution >= 0.6 is 11.6 Å². The summed E-state index contributed by atoms with van der Waals surface area (Å²) < 4.78 is 0. The van der Waals surface area contributed by atoms with E-state index < -0.39 is 0 Å². The zero-order valence-electron chi connectivity index (χ0n) is 9.56. The van der Waals surface area contributed by atoms with Crippen LogP contribution in [0.4, 0.5) is 11.8 Å². The number of rotatable bonds is 4. The van der Waals surface area contributed by atoms with Crippen LogP contribution < -0.4 is 11.1 Å². The van der Waals surface area contributed by atoms with Crippen molar-refractivity contribution in [1.29, 1.82) is 0 Å². The highest BCUT2D eigenvalue weighted by molar-refractivity contribution is 6.29. The number of halogens is 1. The molecule has 2 atom stereocenters. The number of aromatic nitrogens is 2. The van der Waals surface area contributed by atoms with Crippen LogP contribution in [-0.2, 0) is 0 Å². The fraction of sp³-hybridized carbons (Fsp3) is 0.636. The third-order valence-electron chi connectivity index (χ3n) is 3.31. The molecule has 1 aromatic heterocycles. The van der Waals surface area contributed by atoms with Gasteiger partial charge in [-0.1, -0.05) is 18.0 Å². The fourth-order valence-electron chi connectivity index (χ4n) is 2.38. The first-order chi connectivity index (χ1) is 8.19. The first-order valence-corrected chi connectivity index (χ1v) is 6.21. The van der Waals surface area contributed by atoms with Crippen LogP contribution in [0.2, 0.25) is 5.15 Å². The molecule has 1 aliphatic carbocycles. The highest BCUT2D eigenvalue weighted by atomic mass is 35.5. The van der Waals surface area contributed by atoms with E-state index in [0.717, 1.165) is 19.4 Å². The lowest BCUT2D eigenvalue weighted by Gasteiger charge is -2.18. The monoisotopic (exact) mass is 256 g/mol. The Kier molecular flexibility index (Phi) is 4.02. The lowest BCUT2D eigenvalue weighted by Crippen LogP contribution is -2.21. The Morgan fingerprint density at radius 2 is 2.18 bits per heavy atom. The maximum Gasteiger partial charge on any atom is 0.223 e. The number of aliphatic hydroxyl groups excluding tert-OH is 1. The Morgan fingerprint density at radius 3 is 2.88 bits per heavy atom. The van der Waals surface area contributed by atoms with E-state index in [1.54, 1.807) is 6.07 Å². The van der Waals surface area contributed by atoms with Gasteiger partial charge in [0.25, 0.3) is 0 Å². The standard InChI is InChI=1S/C11H17ClN4O/c12-9-4-10(16-11(13)15-9)14-5-7-2-1-3-8(7)6-17/h4,7-8,17H,1-3,5-6H2,(H3,13,14,15,16)/t7-,8+/m1/s1. The molecule has 1 aliphatic rings. The average molecular weight is 257 g/mol. The van der Waals surface area contributed by atoms with Crippen molar-refractivity contribution in [1.82, 2.24) is 9.97 Å². The summed E-state index contributed by atoms with van der Waals surface area (Å²) in [5, 5.41) is 12.8. The van der Waals surface area contributed by atoms with Crippen LogP contribution in [0.1, 0.15) is 19.3 Å². The molecule has 0 saturated heterocycles. The summed E-state index contributed by atoms with van der Waals surface area (Å²) in [6.45, 7) is 1.05. The summed E-state index contributed by atoms with van der Waals surface area (Å²) >= 11 is 5.79. The van der Waals surface area contributed by atoms with Gasteiger partial charge in [0, 0.05) is 19.2 Å². The lowest BCUT2D eigenvalue weighted by molar-refractivity contribution is 0.199. The minimum absolute atomic E-state index is 0.171. The predicted octanol–water partition coefficient (Wildman–Crippen LogP) is 1.53. The molecule has 1 saturated carbocycles. The van der Waals surface area contributed by atoms with E-state index in [2.05, 4.69) is 15.3 Å². The van der Waals surface area contributed by atoms with Crippen molar-refractivity contribution < 1.29 is 5.11 Å². The summed E-state index contributed by atoms with van der Waals surface area (Å²) in [6.07, 6.45) is 3.44. The molecule has 1 fully saturated rings. The molecular formula is C11H17ClN4O. The number of nitrogens with one attached hydrogen (secondary N) is 1. The van der Waals surface area contributed by atoms with Crippen molar-refractivity contribution in [3.63, 3.8) is 0 Å². The molecule has 0 unspecified atom stereocenters. The molecule has 0 radical (unpaired) electrons. The van der Waals surface area contributed by atoms with E-state index in [1.807, 2.05) is 0 Å². The zero-order valence-corrected chi connectivity index (χ0v) is 10.3. The van der Waals surface area contributed by atoms with Gasteiger partial charge in [0.2, 0.25) is 5.95 Å². The molecule has 0 aliphatic heterocycles. The van der Waals surface area contributed by atoms with Gasteiger partial charge in [0.05, 0.1) is 0 Å². The van der Waals surface area contributed by atoms with Crippen molar-refractivity contribution in [2.75, 3.05) is 24.2 Å². The van der Waals surface area contributed by atoms with Gasteiger partial charge in [-0.3, -0.25) is 0 Å². The zero-order chi connectivity index (χ0) is 12.3. The van der Waals surface area contributed by atoms with Crippen molar-refractivity contribution >= 4 is 23.4 Å². The van der Waals surface area contributed by atoms with Crippen LogP contribution in [0.15, 0.2) is 6.07 Å². The lowest BCUT2D eigenvalue weighted by atomic mass is 9.97. The molecule has 6 heteroatoms. The van der Waals surface area contributed by atoms with E-state index >= 15 is 0 Å². The molecule has 0 spiro atoms. The summed E-state index contributed by atoms with van der Waals surface area (Å²) in [5.74, 6) is 1.71. The SMILES string of the molecule is Nc1nc(Cl)cc(NC[C@H]2CCC[C@H]2CO)n1. The second-order valence-corrected chi connectivity index (χ2v) is 4.84. The predicted molar refractivity (Wildman–Crippen MR) is 67.9 cm³/mol. The molecule has 0 amide bonds. The number of nitrogen functional groups attached to an aromatic ring is 1. The molecule has 0 bridgehead atoms. The van der Waals surface area contributed by atoms with E-state index in [0.29, 0.717) is 22.8 Å². The van der Waals surface area contributed by atoms with Crippen LogP contribution in [0.5, 0.6) is 0 Å². The van der Waals surface area contributed by atoms with Crippen molar-refractivity contribution in [3.8, 4) is 0 Å². The van der Waals surface area contributed by atoms with Crippen molar-refractivity contribution in [2.24, 2.45) is 11.8 Å². The average Bonchev–Trinajstić information content (AvgIpc) is 2.72. The molecule has 94 valence electrons. The number of hydrogen-bond acceptors (Lipinski definition) is 5. The van der Waals surface area contributed by atoms with Crippen LogP contribution in [0.25, 0.3) is 0 Å². The third kappa shape index (κ3) is 3.20. The maximum absolute atomic E-state index is 9.23. The normalized spacial score (nSPS) is 23.9. The fourth-order valence-corrected chi connectivity index (χ4v) is 2.57. The topological polar surface area (TPSA) is 84.1 Å². The molecule has 2 rings (SSSR count). The largest absolute Gasteiger partial charge is 0.396 e. The van der Waals surface area contributed by atoms with Crippen LogP contribution in [-0.4, -0.2) is 28.2 Å².